The molecule has 0 bridgehead atoms. The van der Waals surface area contributed by atoms with Crippen LogP contribution in [0.25, 0.3) is 0 Å². The lowest BCUT2D eigenvalue weighted by Gasteiger charge is -2.10. The van der Waals surface area contributed by atoms with Crippen LogP contribution in [-0.4, -0.2) is 57.6 Å². The summed E-state index contributed by atoms with van der Waals surface area (Å²) in [5, 5.41) is 5.79. The number of benzene rings is 1. The maximum absolute atomic E-state index is 11.5. The molecule has 0 heterocycles. The highest BCUT2D eigenvalue weighted by molar-refractivity contribution is 5.80. The molecule has 0 saturated carbocycles. The first-order valence-corrected chi connectivity index (χ1v) is 7.31. The molecular weight excluding hydrogens is 282 g/mol. The van der Waals surface area contributed by atoms with Gasteiger partial charge in [-0.3, -0.25) is 9.59 Å². The van der Waals surface area contributed by atoms with Gasteiger partial charge in [-0.05, 0) is 24.1 Å². The number of nitrogens with zero attached hydrogens (tertiary/aromatic N) is 1. The quantitative estimate of drug-likeness (QED) is 0.665. The van der Waals surface area contributed by atoms with Gasteiger partial charge in [-0.1, -0.05) is 12.1 Å². The molecule has 0 atom stereocenters. The number of aryl methyl sites for hydroxylation is 1. The minimum atomic E-state index is -0.0716. The standard InChI is InChI=1S/C16H25N3O3/c1-19(2)16(21)9-6-13-4-7-14(8-5-13)18-12-15(20)17-10-11-22-3/h4-5,7-8,18H,6,9-12H2,1-3H3,(H,17,20). The van der Waals surface area contributed by atoms with Crippen molar-refractivity contribution in [3.8, 4) is 0 Å². The van der Waals surface area contributed by atoms with E-state index >= 15 is 0 Å². The predicted molar refractivity (Wildman–Crippen MR) is 86.8 cm³/mol. The van der Waals surface area contributed by atoms with Crippen molar-refractivity contribution in [1.29, 1.82) is 0 Å². The lowest BCUT2D eigenvalue weighted by Crippen LogP contribution is -2.32. The molecular formula is C16H25N3O3. The molecule has 122 valence electrons. The number of carbonyl (C=O) groups excluding carboxylic acids is 2. The fourth-order valence-corrected chi connectivity index (χ4v) is 1.80. The van der Waals surface area contributed by atoms with E-state index in [1.807, 2.05) is 24.3 Å². The van der Waals surface area contributed by atoms with E-state index in [-0.39, 0.29) is 18.4 Å². The molecule has 0 unspecified atom stereocenters. The molecule has 1 aromatic rings. The lowest BCUT2D eigenvalue weighted by atomic mass is 10.1. The first-order chi connectivity index (χ1) is 10.5. The second kappa shape index (κ2) is 9.78. The van der Waals surface area contributed by atoms with Crippen LogP contribution in [0.5, 0.6) is 0 Å². The molecule has 0 aliphatic heterocycles. The van der Waals surface area contributed by atoms with Crippen molar-refractivity contribution in [2.75, 3.05) is 46.2 Å². The van der Waals surface area contributed by atoms with Gasteiger partial charge in [-0.25, -0.2) is 0 Å². The van der Waals surface area contributed by atoms with Crippen LogP contribution in [0.3, 0.4) is 0 Å². The molecule has 2 amide bonds. The summed E-state index contributed by atoms with van der Waals surface area (Å²) in [5.41, 5.74) is 1.98. The summed E-state index contributed by atoms with van der Waals surface area (Å²) in [6.07, 6.45) is 1.22. The summed E-state index contributed by atoms with van der Waals surface area (Å²) in [6.45, 7) is 1.24. The van der Waals surface area contributed by atoms with Crippen molar-refractivity contribution in [2.45, 2.75) is 12.8 Å². The van der Waals surface area contributed by atoms with Crippen LogP contribution >= 0.6 is 0 Å². The highest BCUT2D eigenvalue weighted by Gasteiger charge is 2.04. The number of methoxy groups -OCH3 is 1. The third-order valence-corrected chi connectivity index (χ3v) is 3.16. The Kier molecular flexibility index (Phi) is 7.99. The molecule has 0 radical (unpaired) electrons. The van der Waals surface area contributed by atoms with E-state index in [9.17, 15) is 9.59 Å². The second-order valence-corrected chi connectivity index (χ2v) is 5.18. The van der Waals surface area contributed by atoms with Gasteiger partial charge in [-0.15, -0.1) is 0 Å². The van der Waals surface area contributed by atoms with Crippen molar-refractivity contribution in [2.24, 2.45) is 0 Å². The largest absolute Gasteiger partial charge is 0.383 e. The maximum Gasteiger partial charge on any atom is 0.239 e. The first-order valence-electron chi connectivity index (χ1n) is 7.31. The fourth-order valence-electron chi connectivity index (χ4n) is 1.80. The first kappa shape index (κ1) is 18.0. The zero-order valence-corrected chi connectivity index (χ0v) is 13.5. The Labute approximate surface area is 131 Å². The Morgan fingerprint density at radius 2 is 1.86 bits per heavy atom. The summed E-state index contributed by atoms with van der Waals surface area (Å²) in [6, 6.07) is 7.76. The minimum absolute atomic E-state index is 0.0716. The van der Waals surface area contributed by atoms with Gasteiger partial charge < -0.3 is 20.3 Å². The topological polar surface area (TPSA) is 70.7 Å². The van der Waals surface area contributed by atoms with Crippen LogP contribution in [0.2, 0.25) is 0 Å². The van der Waals surface area contributed by atoms with Gasteiger partial charge in [-0.2, -0.15) is 0 Å². The molecule has 22 heavy (non-hydrogen) atoms. The van der Waals surface area contributed by atoms with Crippen LogP contribution in [0.1, 0.15) is 12.0 Å². The van der Waals surface area contributed by atoms with Crippen LogP contribution in [0.4, 0.5) is 5.69 Å². The molecule has 6 nitrogen and oxygen atoms in total. The molecule has 0 fully saturated rings. The Morgan fingerprint density at radius 3 is 2.45 bits per heavy atom. The summed E-state index contributed by atoms with van der Waals surface area (Å²) in [5.74, 6) is 0.0487. The Balaban J connectivity index is 2.32. The number of hydrogen-bond donors (Lipinski definition) is 2. The third kappa shape index (κ3) is 7.08. The van der Waals surface area contributed by atoms with E-state index in [0.717, 1.165) is 17.7 Å². The van der Waals surface area contributed by atoms with Crippen LogP contribution < -0.4 is 10.6 Å². The average molecular weight is 307 g/mol. The van der Waals surface area contributed by atoms with E-state index in [4.69, 9.17) is 4.74 Å². The SMILES string of the molecule is COCCNC(=O)CNc1ccc(CCC(=O)N(C)C)cc1. The fraction of sp³-hybridized carbons (Fsp3) is 0.500. The number of rotatable bonds is 9. The summed E-state index contributed by atoms with van der Waals surface area (Å²) >= 11 is 0. The van der Waals surface area contributed by atoms with Gasteiger partial charge in [0, 0.05) is 39.9 Å². The van der Waals surface area contributed by atoms with E-state index in [2.05, 4.69) is 10.6 Å². The zero-order chi connectivity index (χ0) is 16.4. The van der Waals surface area contributed by atoms with Gasteiger partial charge in [0.25, 0.3) is 0 Å². The number of hydrogen-bond acceptors (Lipinski definition) is 4. The van der Waals surface area contributed by atoms with E-state index in [1.54, 1.807) is 26.1 Å². The maximum atomic E-state index is 11.5. The summed E-state index contributed by atoms with van der Waals surface area (Å²) < 4.78 is 4.86. The summed E-state index contributed by atoms with van der Waals surface area (Å²) in [4.78, 5) is 24.7. The normalized spacial score (nSPS) is 10.1. The summed E-state index contributed by atoms with van der Waals surface area (Å²) in [7, 11) is 5.11. The molecule has 6 heteroatoms. The van der Waals surface area contributed by atoms with Gasteiger partial charge in [0.2, 0.25) is 11.8 Å². The number of nitrogens with one attached hydrogen (secondary N) is 2. The minimum Gasteiger partial charge on any atom is -0.383 e. The highest BCUT2D eigenvalue weighted by Crippen LogP contribution is 2.11. The number of carbonyl (C=O) groups is 2. The number of anilines is 1. The molecule has 0 saturated heterocycles. The van der Waals surface area contributed by atoms with Crippen molar-refractivity contribution < 1.29 is 14.3 Å². The van der Waals surface area contributed by atoms with E-state index in [1.165, 1.54) is 0 Å². The number of ether oxygens (including phenoxy) is 1. The molecule has 0 aromatic heterocycles. The van der Waals surface area contributed by atoms with Crippen molar-refractivity contribution in [1.82, 2.24) is 10.2 Å². The van der Waals surface area contributed by atoms with Crippen molar-refractivity contribution in [3.05, 3.63) is 29.8 Å². The monoisotopic (exact) mass is 307 g/mol. The molecule has 1 rings (SSSR count). The second-order valence-electron chi connectivity index (χ2n) is 5.18. The van der Waals surface area contributed by atoms with Crippen LogP contribution in [0, 0.1) is 0 Å². The van der Waals surface area contributed by atoms with Crippen LogP contribution in [-0.2, 0) is 20.7 Å². The zero-order valence-electron chi connectivity index (χ0n) is 13.5. The molecule has 0 aliphatic rings. The van der Waals surface area contributed by atoms with Crippen LogP contribution in [0.15, 0.2) is 24.3 Å². The molecule has 2 N–H and O–H groups in total. The molecule has 0 aliphatic carbocycles. The van der Waals surface area contributed by atoms with E-state index < -0.39 is 0 Å². The molecule has 1 aromatic carbocycles. The average Bonchev–Trinajstić information content (AvgIpc) is 2.51. The van der Waals surface area contributed by atoms with Crippen molar-refractivity contribution >= 4 is 17.5 Å². The van der Waals surface area contributed by atoms with Crippen molar-refractivity contribution in [3.63, 3.8) is 0 Å². The Bertz CT molecular complexity index is 472. The molecule has 0 spiro atoms. The predicted octanol–water partition coefficient (Wildman–Crippen LogP) is 0.882. The van der Waals surface area contributed by atoms with Gasteiger partial charge >= 0.3 is 0 Å². The Morgan fingerprint density at radius 1 is 1.18 bits per heavy atom. The smallest absolute Gasteiger partial charge is 0.239 e. The van der Waals surface area contributed by atoms with Gasteiger partial charge in [0.1, 0.15) is 0 Å². The van der Waals surface area contributed by atoms with Gasteiger partial charge in [0.15, 0.2) is 0 Å². The number of amides is 2. The van der Waals surface area contributed by atoms with E-state index in [0.29, 0.717) is 19.6 Å². The Hall–Kier alpha value is -2.08. The lowest BCUT2D eigenvalue weighted by molar-refractivity contribution is -0.128. The highest BCUT2D eigenvalue weighted by atomic mass is 16.5. The third-order valence-electron chi connectivity index (χ3n) is 3.16. The van der Waals surface area contributed by atoms with Gasteiger partial charge in [0.05, 0.1) is 13.2 Å².